The van der Waals surface area contributed by atoms with Gasteiger partial charge in [-0.3, -0.25) is 4.68 Å². The number of likely N-dealkylation sites (N-methyl/N-ethyl adjacent to an activating group) is 1. The van der Waals surface area contributed by atoms with E-state index < -0.39 is 0 Å². The fourth-order valence-electron chi connectivity index (χ4n) is 2.42. The summed E-state index contributed by atoms with van der Waals surface area (Å²) in [5.41, 5.74) is 5.33. The second-order valence-corrected chi connectivity index (χ2v) is 5.04. The summed E-state index contributed by atoms with van der Waals surface area (Å²) in [6.07, 6.45) is 2.87. The van der Waals surface area contributed by atoms with Crippen LogP contribution in [0.3, 0.4) is 0 Å². The minimum atomic E-state index is 0.310. The third kappa shape index (κ3) is 3.04. The zero-order valence-corrected chi connectivity index (χ0v) is 12.3. The van der Waals surface area contributed by atoms with E-state index in [1.807, 2.05) is 13.2 Å². The third-order valence-corrected chi connectivity index (χ3v) is 3.77. The van der Waals surface area contributed by atoms with Crippen LogP contribution in [0.4, 0.5) is 0 Å². The van der Waals surface area contributed by atoms with E-state index in [0.717, 1.165) is 13.0 Å². The van der Waals surface area contributed by atoms with E-state index in [1.54, 1.807) is 0 Å². The number of aryl methyl sites for hydroxylation is 3. The predicted molar refractivity (Wildman–Crippen MR) is 79.3 cm³/mol. The van der Waals surface area contributed by atoms with Crippen molar-refractivity contribution >= 4 is 0 Å². The van der Waals surface area contributed by atoms with Crippen LogP contribution in [0.1, 0.15) is 35.3 Å². The Hall–Kier alpha value is -1.61. The van der Waals surface area contributed by atoms with Gasteiger partial charge in [0.25, 0.3) is 0 Å². The highest BCUT2D eigenvalue weighted by molar-refractivity contribution is 5.31. The molecule has 0 bridgehead atoms. The van der Waals surface area contributed by atoms with Crippen LogP contribution in [0.15, 0.2) is 30.5 Å². The summed E-state index contributed by atoms with van der Waals surface area (Å²) < 4.78 is 2.06. The number of nitrogens with zero attached hydrogens (tertiary/aromatic N) is 2. The van der Waals surface area contributed by atoms with E-state index in [2.05, 4.69) is 60.1 Å². The van der Waals surface area contributed by atoms with Gasteiger partial charge in [0.05, 0.1) is 11.7 Å². The lowest BCUT2D eigenvalue weighted by atomic mass is 9.99. The van der Waals surface area contributed by atoms with Gasteiger partial charge in [0.2, 0.25) is 0 Å². The Labute approximate surface area is 115 Å². The fourth-order valence-corrected chi connectivity index (χ4v) is 2.42. The first kappa shape index (κ1) is 13.8. The molecule has 1 aromatic heterocycles. The Bertz CT molecular complexity index is 543. The van der Waals surface area contributed by atoms with Gasteiger partial charge in [-0.2, -0.15) is 5.10 Å². The molecule has 2 rings (SSSR count). The fraction of sp³-hybridized carbons (Fsp3) is 0.438. The maximum absolute atomic E-state index is 4.35. The molecule has 0 saturated carbocycles. The minimum absolute atomic E-state index is 0.310. The van der Waals surface area contributed by atoms with E-state index in [-0.39, 0.29) is 0 Å². The summed E-state index contributed by atoms with van der Waals surface area (Å²) in [5, 5.41) is 7.75. The normalized spacial score (nSPS) is 12.6. The first-order valence-corrected chi connectivity index (χ1v) is 6.90. The number of nitrogens with one attached hydrogen (secondary N) is 1. The lowest BCUT2D eigenvalue weighted by Gasteiger charge is -2.18. The molecule has 19 heavy (non-hydrogen) atoms. The quantitative estimate of drug-likeness (QED) is 0.892. The number of hydrogen-bond donors (Lipinski definition) is 1. The Balaban J connectivity index is 2.21. The van der Waals surface area contributed by atoms with E-state index in [4.69, 9.17) is 0 Å². The molecule has 1 N–H and O–H groups in total. The highest BCUT2D eigenvalue weighted by atomic mass is 15.3. The molecule has 102 valence electrons. The van der Waals surface area contributed by atoms with Crippen LogP contribution in [-0.2, 0) is 13.0 Å². The zero-order chi connectivity index (χ0) is 13.8. The number of aromatic nitrogens is 2. The molecule has 1 heterocycles. The van der Waals surface area contributed by atoms with Crippen molar-refractivity contribution < 1.29 is 0 Å². The average molecular weight is 257 g/mol. The van der Waals surface area contributed by atoms with Gasteiger partial charge in [-0.25, -0.2) is 0 Å². The number of rotatable bonds is 5. The molecule has 0 radical (unpaired) electrons. The standard InChI is InChI=1S/C16H23N3/c1-5-19-16(8-9-18-19)15(17-4)11-14-7-6-12(2)13(3)10-14/h6-10,15,17H,5,11H2,1-4H3. The van der Waals surface area contributed by atoms with Crippen LogP contribution < -0.4 is 5.32 Å². The zero-order valence-electron chi connectivity index (χ0n) is 12.3. The van der Waals surface area contributed by atoms with Gasteiger partial charge in [-0.05, 0) is 57.0 Å². The molecule has 1 atom stereocenters. The summed E-state index contributed by atoms with van der Waals surface area (Å²) >= 11 is 0. The molecule has 0 fully saturated rings. The second kappa shape index (κ2) is 6.02. The smallest absolute Gasteiger partial charge is 0.0556 e. The molecule has 0 aliphatic rings. The molecule has 3 nitrogen and oxygen atoms in total. The molecule has 2 aromatic rings. The highest BCUT2D eigenvalue weighted by Crippen LogP contribution is 2.19. The van der Waals surface area contributed by atoms with Crippen molar-refractivity contribution in [2.75, 3.05) is 7.05 Å². The van der Waals surface area contributed by atoms with Crippen molar-refractivity contribution in [1.82, 2.24) is 15.1 Å². The molecular formula is C16H23N3. The van der Waals surface area contributed by atoms with Crippen LogP contribution in [0.2, 0.25) is 0 Å². The summed E-state index contributed by atoms with van der Waals surface area (Å²) in [6.45, 7) is 7.36. The second-order valence-electron chi connectivity index (χ2n) is 5.04. The Morgan fingerprint density at radius 3 is 2.63 bits per heavy atom. The van der Waals surface area contributed by atoms with Crippen molar-refractivity contribution in [3.8, 4) is 0 Å². The lowest BCUT2D eigenvalue weighted by Crippen LogP contribution is -2.22. The van der Waals surface area contributed by atoms with E-state index >= 15 is 0 Å². The molecule has 1 aromatic carbocycles. The van der Waals surface area contributed by atoms with Gasteiger partial charge in [-0.15, -0.1) is 0 Å². The molecule has 0 spiro atoms. The number of hydrogen-bond acceptors (Lipinski definition) is 2. The van der Waals surface area contributed by atoms with Crippen LogP contribution in [0.5, 0.6) is 0 Å². The molecular weight excluding hydrogens is 234 g/mol. The van der Waals surface area contributed by atoms with E-state index in [1.165, 1.54) is 22.4 Å². The first-order valence-electron chi connectivity index (χ1n) is 6.90. The van der Waals surface area contributed by atoms with Crippen molar-refractivity contribution in [3.05, 3.63) is 52.8 Å². The summed E-state index contributed by atoms with van der Waals surface area (Å²) in [7, 11) is 2.01. The van der Waals surface area contributed by atoms with Crippen LogP contribution >= 0.6 is 0 Å². The molecule has 0 saturated heterocycles. The molecule has 1 unspecified atom stereocenters. The summed E-state index contributed by atoms with van der Waals surface area (Å²) in [4.78, 5) is 0. The predicted octanol–water partition coefficient (Wildman–Crippen LogP) is 3.02. The first-order chi connectivity index (χ1) is 9.15. The monoisotopic (exact) mass is 257 g/mol. The molecule has 0 amide bonds. The van der Waals surface area contributed by atoms with Crippen LogP contribution in [0.25, 0.3) is 0 Å². The number of benzene rings is 1. The largest absolute Gasteiger partial charge is 0.311 e. The van der Waals surface area contributed by atoms with Gasteiger partial charge < -0.3 is 5.32 Å². The van der Waals surface area contributed by atoms with Crippen LogP contribution in [0, 0.1) is 13.8 Å². The van der Waals surface area contributed by atoms with Gasteiger partial charge >= 0.3 is 0 Å². The van der Waals surface area contributed by atoms with Crippen molar-refractivity contribution in [1.29, 1.82) is 0 Å². The van der Waals surface area contributed by atoms with E-state index in [9.17, 15) is 0 Å². The molecule has 0 aliphatic carbocycles. The Morgan fingerprint density at radius 1 is 1.21 bits per heavy atom. The van der Waals surface area contributed by atoms with Gasteiger partial charge in [0.1, 0.15) is 0 Å². The summed E-state index contributed by atoms with van der Waals surface area (Å²) in [5.74, 6) is 0. The summed E-state index contributed by atoms with van der Waals surface area (Å²) in [6, 6.07) is 9.12. The lowest BCUT2D eigenvalue weighted by molar-refractivity contribution is 0.513. The maximum Gasteiger partial charge on any atom is 0.0556 e. The molecule has 0 aliphatic heterocycles. The SMILES string of the molecule is CCn1nccc1C(Cc1ccc(C)c(C)c1)NC. The van der Waals surface area contributed by atoms with Gasteiger partial charge in [-0.1, -0.05) is 18.2 Å². The Kier molecular flexibility index (Phi) is 4.38. The van der Waals surface area contributed by atoms with Crippen molar-refractivity contribution in [3.63, 3.8) is 0 Å². The van der Waals surface area contributed by atoms with Crippen molar-refractivity contribution in [2.24, 2.45) is 0 Å². The maximum atomic E-state index is 4.35. The third-order valence-electron chi connectivity index (χ3n) is 3.77. The highest BCUT2D eigenvalue weighted by Gasteiger charge is 2.14. The Morgan fingerprint density at radius 2 is 2.00 bits per heavy atom. The van der Waals surface area contributed by atoms with Crippen molar-refractivity contribution in [2.45, 2.75) is 39.8 Å². The van der Waals surface area contributed by atoms with Gasteiger partial charge in [0, 0.05) is 12.7 Å². The van der Waals surface area contributed by atoms with Crippen LogP contribution in [-0.4, -0.2) is 16.8 Å². The molecule has 3 heteroatoms. The topological polar surface area (TPSA) is 29.9 Å². The minimum Gasteiger partial charge on any atom is -0.311 e. The van der Waals surface area contributed by atoms with E-state index in [0.29, 0.717) is 6.04 Å². The average Bonchev–Trinajstić information content (AvgIpc) is 2.88. The van der Waals surface area contributed by atoms with Gasteiger partial charge in [0.15, 0.2) is 0 Å².